The van der Waals surface area contributed by atoms with Crippen molar-refractivity contribution in [1.82, 2.24) is 24.3 Å². The average Bonchev–Trinajstić information content (AvgIpc) is 3.06. The van der Waals surface area contributed by atoms with Crippen molar-refractivity contribution in [2.45, 2.75) is 38.8 Å². The number of aryl methyl sites for hydroxylation is 2. The van der Waals surface area contributed by atoms with E-state index in [2.05, 4.69) is 24.3 Å². The molecule has 4 saturated heterocycles. The van der Waals surface area contributed by atoms with Crippen molar-refractivity contribution in [3.05, 3.63) is 18.2 Å². The molecular weight excluding hydrogens is 302 g/mol. The lowest BCUT2D eigenvalue weighted by Gasteiger charge is -2.51. The summed E-state index contributed by atoms with van der Waals surface area (Å²) in [5.41, 5.74) is 0. The monoisotopic (exact) mass is 331 g/mol. The quantitative estimate of drug-likeness (QED) is 0.819. The van der Waals surface area contributed by atoms with E-state index >= 15 is 0 Å². The summed E-state index contributed by atoms with van der Waals surface area (Å²) in [6.45, 7) is 10.5. The molecule has 6 heteroatoms. The highest BCUT2D eigenvalue weighted by Gasteiger charge is 2.38. The van der Waals surface area contributed by atoms with Crippen LogP contribution in [0.1, 0.15) is 25.1 Å². The molecule has 0 N–H and O–H groups in total. The number of rotatable bonds is 4. The van der Waals surface area contributed by atoms with E-state index in [-0.39, 0.29) is 5.91 Å². The Labute approximate surface area is 144 Å². The smallest absolute Gasteiger partial charge is 0.224 e. The van der Waals surface area contributed by atoms with Gasteiger partial charge in [-0.15, -0.1) is 0 Å². The van der Waals surface area contributed by atoms with Gasteiger partial charge in [-0.25, -0.2) is 4.98 Å². The lowest BCUT2D eigenvalue weighted by molar-refractivity contribution is -0.134. The van der Waals surface area contributed by atoms with Gasteiger partial charge < -0.3 is 14.4 Å². The Hall–Kier alpha value is -1.40. The number of nitrogens with zero attached hydrogens (tertiary/aromatic N) is 5. The van der Waals surface area contributed by atoms with E-state index in [1.54, 1.807) is 6.20 Å². The van der Waals surface area contributed by atoms with Gasteiger partial charge in [0.2, 0.25) is 5.91 Å². The fraction of sp³-hybridized carbons (Fsp3) is 0.778. The number of fused-ring (bicyclic) bond motifs is 3. The number of piperazine rings is 1. The van der Waals surface area contributed by atoms with Crippen LogP contribution in [0.25, 0.3) is 0 Å². The lowest BCUT2D eigenvalue weighted by atomic mass is 9.83. The number of carbonyl (C=O) groups excluding carboxylic acids is 1. The van der Waals surface area contributed by atoms with Gasteiger partial charge in [0.25, 0.3) is 0 Å². The van der Waals surface area contributed by atoms with Crippen LogP contribution in [0.15, 0.2) is 12.4 Å². The van der Waals surface area contributed by atoms with E-state index in [1.807, 2.05) is 13.1 Å². The normalized spacial score (nSPS) is 30.7. The Morgan fingerprint density at radius 1 is 1.17 bits per heavy atom. The summed E-state index contributed by atoms with van der Waals surface area (Å²) < 4.78 is 2.06. The van der Waals surface area contributed by atoms with Gasteiger partial charge in [0, 0.05) is 64.1 Å². The Balaban J connectivity index is 1.25. The molecule has 0 unspecified atom stereocenters. The molecule has 132 valence electrons. The topological polar surface area (TPSA) is 44.6 Å². The fourth-order valence-corrected chi connectivity index (χ4v) is 4.66. The molecule has 0 spiro atoms. The first-order valence-corrected chi connectivity index (χ1v) is 9.42. The van der Waals surface area contributed by atoms with Crippen LogP contribution in [0.2, 0.25) is 0 Å². The Morgan fingerprint density at radius 2 is 1.92 bits per heavy atom. The first-order valence-electron chi connectivity index (χ1n) is 9.42. The van der Waals surface area contributed by atoms with Crippen molar-refractivity contribution >= 4 is 5.91 Å². The zero-order valence-electron chi connectivity index (χ0n) is 14.7. The molecule has 4 aliphatic rings. The minimum Gasteiger partial charge on any atom is -0.340 e. The molecular formula is C18H29N5O. The van der Waals surface area contributed by atoms with E-state index in [9.17, 15) is 4.79 Å². The molecule has 1 atom stereocenters. The summed E-state index contributed by atoms with van der Waals surface area (Å²) in [6.07, 6.45) is 7.07. The van der Waals surface area contributed by atoms with Crippen molar-refractivity contribution in [3.8, 4) is 0 Å². The molecule has 2 bridgehead atoms. The molecule has 4 aliphatic heterocycles. The van der Waals surface area contributed by atoms with Crippen LogP contribution in [0.4, 0.5) is 0 Å². The molecule has 6 nitrogen and oxygen atoms in total. The van der Waals surface area contributed by atoms with E-state index in [0.717, 1.165) is 50.5 Å². The van der Waals surface area contributed by atoms with Crippen LogP contribution in [0, 0.1) is 12.8 Å². The van der Waals surface area contributed by atoms with Crippen LogP contribution in [0.5, 0.6) is 0 Å². The molecule has 0 radical (unpaired) electrons. The molecule has 0 aliphatic carbocycles. The van der Waals surface area contributed by atoms with Gasteiger partial charge in [0.15, 0.2) is 0 Å². The SMILES string of the molecule is Cc1nccn1CCC(=O)N1CCN([C@H]2CN3CCC2CC3)CC1. The zero-order valence-corrected chi connectivity index (χ0v) is 14.7. The first-order chi connectivity index (χ1) is 11.7. The largest absolute Gasteiger partial charge is 0.340 e. The van der Waals surface area contributed by atoms with Crippen molar-refractivity contribution in [3.63, 3.8) is 0 Å². The lowest BCUT2D eigenvalue weighted by Crippen LogP contribution is -2.61. The Morgan fingerprint density at radius 3 is 2.50 bits per heavy atom. The predicted octanol–water partition coefficient (Wildman–Crippen LogP) is 0.820. The van der Waals surface area contributed by atoms with Crippen LogP contribution in [0.3, 0.4) is 0 Å². The number of piperidine rings is 3. The highest BCUT2D eigenvalue weighted by Crippen LogP contribution is 2.31. The summed E-state index contributed by atoms with van der Waals surface area (Å²) in [5.74, 6) is 2.16. The second kappa shape index (κ2) is 6.84. The molecule has 5 heterocycles. The standard InChI is InChI=1S/C18H29N5O/c1-15-19-5-9-21(15)8-4-18(24)23-12-10-22(11-13-23)17-14-20-6-2-16(17)3-7-20/h5,9,16-17H,2-4,6-8,10-14H2,1H3/t17-/m0/s1. The molecule has 0 saturated carbocycles. The number of hydrogen-bond acceptors (Lipinski definition) is 4. The van der Waals surface area contributed by atoms with Gasteiger partial charge in [-0.05, 0) is 38.8 Å². The highest BCUT2D eigenvalue weighted by molar-refractivity contribution is 5.76. The minimum atomic E-state index is 0.289. The Kier molecular flexibility index (Phi) is 4.59. The highest BCUT2D eigenvalue weighted by atomic mass is 16.2. The summed E-state index contributed by atoms with van der Waals surface area (Å²) in [5, 5.41) is 0. The van der Waals surface area contributed by atoms with Gasteiger partial charge in [-0.1, -0.05) is 0 Å². The minimum absolute atomic E-state index is 0.289. The van der Waals surface area contributed by atoms with Crippen molar-refractivity contribution in [1.29, 1.82) is 0 Å². The maximum Gasteiger partial charge on any atom is 0.224 e. The third-order valence-electron chi connectivity index (χ3n) is 6.25. The molecule has 0 aromatic carbocycles. The molecule has 1 aromatic heterocycles. The molecule has 4 fully saturated rings. The number of hydrogen-bond donors (Lipinski definition) is 0. The number of carbonyl (C=O) groups is 1. The number of aromatic nitrogens is 2. The summed E-state index contributed by atoms with van der Waals surface area (Å²) in [7, 11) is 0. The maximum atomic E-state index is 12.5. The third-order valence-corrected chi connectivity index (χ3v) is 6.25. The molecule has 24 heavy (non-hydrogen) atoms. The van der Waals surface area contributed by atoms with Gasteiger partial charge in [0.1, 0.15) is 5.82 Å². The first kappa shape index (κ1) is 16.1. The third kappa shape index (κ3) is 3.22. The van der Waals surface area contributed by atoms with Gasteiger partial charge in [0.05, 0.1) is 0 Å². The Bertz CT molecular complexity index is 570. The maximum absolute atomic E-state index is 12.5. The zero-order chi connectivity index (χ0) is 16.5. The van der Waals surface area contributed by atoms with Crippen LogP contribution in [-0.2, 0) is 11.3 Å². The summed E-state index contributed by atoms with van der Waals surface area (Å²) in [6, 6.07) is 0.735. The number of amides is 1. The van der Waals surface area contributed by atoms with Crippen molar-refractivity contribution < 1.29 is 4.79 Å². The summed E-state index contributed by atoms with van der Waals surface area (Å²) in [4.78, 5) is 24.0. The van der Waals surface area contributed by atoms with Gasteiger partial charge >= 0.3 is 0 Å². The molecule has 5 rings (SSSR count). The average molecular weight is 331 g/mol. The molecule has 1 amide bonds. The van der Waals surface area contributed by atoms with Crippen LogP contribution in [-0.4, -0.2) is 82.0 Å². The second-order valence-electron chi connectivity index (χ2n) is 7.54. The van der Waals surface area contributed by atoms with Crippen LogP contribution < -0.4 is 0 Å². The van der Waals surface area contributed by atoms with E-state index in [4.69, 9.17) is 0 Å². The summed E-state index contributed by atoms with van der Waals surface area (Å²) >= 11 is 0. The van der Waals surface area contributed by atoms with Gasteiger partial charge in [-0.3, -0.25) is 9.69 Å². The number of imidazole rings is 1. The molecule has 1 aromatic rings. The van der Waals surface area contributed by atoms with Crippen molar-refractivity contribution in [2.24, 2.45) is 5.92 Å². The van der Waals surface area contributed by atoms with E-state index in [1.165, 1.54) is 32.5 Å². The predicted molar refractivity (Wildman–Crippen MR) is 92.7 cm³/mol. The van der Waals surface area contributed by atoms with Gasteiger partial charge in [-0.2, -0.15) is 0 Å². The van der Waals surface area contributed by atoms with Crippen LogP contribution >= 0.6 is 0 Å². The van der Waals surface area contributed by atoms with E-state index < -0.39 is 0 Å². The van der Waals surface area contributed by atoms with Crippen molar-refractivity contribution in [2.75, 3.05) is 45.8 Å². The fourth-order valence-electron chi connectivity index (χ4n) is 4.66. The second-order valence-corrected chi connectivity index (χ2v) is 7.54. The van der Waals surface area contributed by atoms with E-state index in [0.29, 0.717) is 6.42 Å².